The maximum atomic E-state index is 6.99. The lowest BCUT2D eigenvalue weighted by molar-refractivity contribution is 0.429. The Morgan fingerprint density at radius 1 is 0.268 bits per heavy atom. The third-order valence-electron chi connectivity index (χ3n) is 15.6. The van der Waals surface area contributed by atoms with Crippen LogP contribution in [0.15, 0.2) is 255 Å². The molecular weight excluding hydrogens is 861 g/mol. The SMILES string of the molecule is c1ccc(-c2nc(-c3cccc(-c4ccc5c(c4)C4(c6ccccc6O5)c5ccccc5C5(c6ccccc6-c6ccccc65)c5ccccc54)c3)cc(-c3ccc4c(ccc5ccccc54)c3)n2)cc1. The molecular formula is C68H42N2O. The molecule has 12 aromatic rings. The van der Waals surface area contributed by atoms with E-state index in [9.17, 15) is 0 Å². The summed E-state index contributed by atoms with van der Waals surface area (Å²) in [5, 5.41) is 4.89. The van der Waals surface area contributed by atoms with Gasteiger partial charge in [-0.25, -0.2) is 9.97 Å². The van der Waals surface area contributed by atoms with Gasteiger partial charge in [0.1, 0.15) is 11.5 Å². The zero-order valence-corrected chi connectivity index (χ0v) is 38.6. The van der Waals surface area contributed by atoms with E-state index in [2.05, 4.69) is 237 Å². The predicted octanol–water partition coefficient (Wildman–Crippen LogP) is 16.6. The van der Waals surface area contributed by atoms with Gasteiger partial charge in [-0.1, -0.05) is 218 Å². The van der Waals surface area contributed by atoms with Crippen molar-refractivity contribution in [2.45, 2.75) is 10.8 Å². The van der Waals surface area contributed by atoms with E-state index in [1.54, 1.807) is 0 Å². The fraction of sp³-hybridized carbons (Fsp3) is 0.0294. The maximum Gasteiger partial charge on any atom is 0.160 e. The minimum absolute atomic E-state index is 0.527. The molecule has 0 fully saturated rings. The summed E-state index contributed by atoms with van der Waals surface area (Å²) in [5.41, 5.74) is 18.3. The quantitative estimate of drug-likeness (QED) is 0.165. The van der Waals surface area contributed by atoms with Crippen LogP contribution in [0.2, 0.25) is 0 Å². The van der Waals surface area contributed by atoms with Gasteiger partial charge in [0.05, 0.1) is 22.2 Å². The van der Waals surface area contributed by atoms with Crippen LogP contribution in [-0.2, 0) is 10.8 Å². The monoisotopic (exact) mass is 902 g/mol. The summed E-state index contributed by atoms with van der Waals surface area (Å²) in [7, 11) is 0. The maximum absolute atomic E-state index is 6.99. The van der Waals surface area contributed by atoms with Crippen LogP contribution in [0.3, 0.4) is 0 Å². The molecule has 0 radical (unpaired) electrons. The van der Waals surface area contributed by atoms with Gasteiger partial charge >= 0.3 is 0 Å². The van der Waals surface area contributed by atoms with E-state index in [1.807, 2.05) is 18.2 Å². The van der Waals surface area contributed by atoms with Crippen LogP contribution in [0, 0.1) is 0 Å². The summed E-state index contributed by atoms with van der Waals surface area (Å²) < 4.78 is 6.99. The standard InChI is InChI=1S/C68H42N2O/c1-2-18-44(19-3-1)66-69-62(42-63(70-66)49-35-37-51-47(40-49)34-33-43-17-4-5-22-50(43)51)48-21-16-20-45(39-48)46-36-38-65-61(41-46)68(60-31-14-15-32-64(60)71-65)58-29-12-10-27-56(58)67(57-28-11-13-30-59(57)68)54-25-8-6-23-52(54)53-24-7-9-26-55(53)67/h1-42H. The second-order valence-electron chi connectivity index (χ2n) is 19.1. The number of para-hydroxylation sites is 1. The van der Waals surface area contributed by atoms with E-state index in [0.717, 1.165) is 61.8 Å². The smallest absolute Gasteiger partial charge is 0.160 e. The highest BCUT2D eigenvalue weighted by molar-refractivity contribution is 6.08. The molecule has 1 aromatic heterocycles. The van der Waals surface area contributed by atoms with Crippen molar-refractivity contribution in [3.05, 3.63) is 299 Å². The van der Waals surface area contributed by atoms with E-state index in [1.165, 1.54) is 66.1 Å². The summed E-state index contributed by atoms with van der Waals surface area (Å²) in [4.78, 5) is 10.5. The molecule has 2 spiro atoms. The molecule has 11 aromatic carbocycles. The molecule has 330 valence electrons. The molecule has 0 saturated carbocycles. The van der Waals surface area contributed by atoms with E-state index in [-0.39, 0.29) is 0 Å². The van der Waals surface area contributed by atoms with Crippen molar-refractivity contribution in [1.82, 2.24) is 9.97 Å². The molecule has 1 aliphatic heterocycles. The molecule has 15 rings (SSSR count). The van der Waals surface area contributed by atoms with E-state index < -0.39 is 10.8 Å². The first kappa shape index (κ1) is 39.8. The zero-order chi connectivity index (χ0) is 46.7. The Balaban J connectivity index is 0.923. The van der Waals surface area contributed by atoms with Gasteiger partial charge in [0.2, 0.25) is 0 Å². The molecule has 0 unspecified atom stereocenters. The van der Waals surface area contributed by atoms with Crippen molar-refractivity contribution in [2.75, 3.05) is 0 Å². The van der Waals surface area contributed by atoms with Crippen LogP contribution in [0.4, 0.5) is 0 Å². The second kappa shape index (κ2) is 15.2. The highest BCUT2D eigenvalue weighted by Crippen LogP contribution is 2.67. The fourth-order valence-corrected chi connectivity index (χ4v) is 12.7. The van der Waals surface area contributed by atoms with Crippen molar-refractivity contribution in [1.29, 1.82) is 0 Å². The number of ether oxygens (including phenoxy) is 1. The normalized spacial score (nSPS) is 14.0. The first-order valence-corrected chi connectivity index (χ1v) is 24.5. The third kappa shape index (κ3) is 5.60. The first-order valence-electron chi connectivity index (χ1n) is 24.5. The van der Waals surface area contributed by atoms with Gasteiger partial charge in [0, 0.05) is 27.8 Å². The summed E-state index contributed by atoms with van der Waals surface area (Å²) in [6.07, 6.45) is 0. The van der Waals surface area contributed by atoms with E-state index in [0.29, 0.717) is 5.82 Å². The summed E-state index contributed by atoms with van der Waals surface area (Å²) >= 11 is 0. The minimum atomic E-state index is -0.707. The number of hydrogen-bond donors (Lipinski definition) is 0. The molecule has 3 nitrogen and oxygen atoms in total. The molecule has 2 heterocycles. The van der Waals surface area contributed by atoms with Gasteiger partial charge in [-0.15, -0.1) is 0 Å². The number of rotatable bonds is 4. The van der Waals surface area contributed by atoms with Crippen LogP contribution < -0.4 is 4.74 Å². The largest absolute Gasteiger partial charge is 0.457 e. The molecule has 0 saturated heterocycles. The lowest BCUT2D eigenvalue weighted by Gasteiger charge is -2.51. The van der Waals surface area contributed by atoms with Gasteiger partial charge in [-0.2, -0.15) is 0 Å². The number of hydrogen-bond acceptors (Lipinski definition) is 3. The molecule has 0 amide bonds. The molecule has 0 atom stereocenters. The Hall–Kier alpha value is -9.18. The Labute approximate surface area is 412 Å². The fourth-order valence-electron chi connectivity index (χ4n) is 12.7. The number of fused-ring (bicyclic) bond motifs is 18. The summed E-state index contributed by atoms with van der Waals surface area (Å²) in [6, 6.07) is 92.9. The van der Waals surface area contributed by atoms with Crippen molar-refractivity contribution in [3.8, 4) is 67.7 Å². The van der Waals surface area contributed by atoms with Crippen molar-refractivity contribution in [2.24, 2.45) is 0 Å². The van der Waals surface area contributed by atoms with Gasteiger partial charge < -0.3 is 4.74 Å². The highest BCUT2D eigenvalue weighted by atomic mass is 16.5. The molecule has 0 bridgehead atoms. The van der Waals surface area contributed by atoms with Crippen molar-refractivity contribution < 1.29 is 4.74 Å². The van der Waals surface area contributed by atoms with Crippen LogP contribution in [0.1, 0.15) is 44.5 Å². The van der Waals surface area contributed by atoms with Gasteiger partial charge in [0.25, 0.3) is 0 Å². The lowest BCUT2D eigenvalue weighted by atomic mass is 9.51. The highest BCUT2D eigenvalue weighted by Gasteiger charge is 2.58. The molecule has 2 aliphatic carbocycles. The number of benzene rings is 11. The van der Waals surface area contributed by atoms with Gasteiger partial charge in [-0.05, 0) is 114 Å². The Morgan fingerprint density at radius 3 is 1.45 bits per heavy atom. The number of aromatic nitrogens is 2. The Bertz CT molecular complexity index is 4080. The van der Waals surface area contributed by atoms with Crippen molar-refractivity contribution in [3.63, 3.8) is 0 Å². The minimum Gasteiger partial charge on any atom is -0.457 e. The van der Waals surface area contributed by atoms with Gasteiger partial charge in [0.15, 0.2) is 5.82 Å². The topological polar surface area (TPSA) is 35.0 Å². The molecule has 3 heteroatoms. The van der Waals surface area contributed by atoms with Gasteiger partial charge in [-0.3, -0.25) is 0 Å². The average molecular weight is 903 g/mol. The Morgan fingerprint density at radius 2 is 0.746 bits per heavy atom. The average Bonchev–Trinajstić information content (AvgIpc) is 3.75. The van der Waals surface area contributed by atoms with Crippen LogP contribution in [0.25, 0.3) is 77.7 Å². The summed E-state index contributed by atoms with van der Waals surface area (Å²) in [5.74, 6) is 2.41. The van der Waals surface area contributed by atoms with Crippen LogP contribution in [0.5, 0.6) is 11.5 Å². The zero-order valence-electron chi connectivity index (χ0n) is 38.6. The summed E-state index contributed by atoms with van der Waals surface area (Å²) in [6.45, 7) is 0. The van der Waals surface area contributed by atoms with Crippen LogP contribution in [-0.4, -0.2) is 9.97 Å². The molecule has 3 aliphatic rings. The van der Waals surface area contributed by atoms with E-state index >= 15 is 0 Å². The van der Waals surface area contributed by atoms with Crippen molar-refractivity contribution >= 4 is 21.5 Å². The lowest BCUT2D eigenvalue weighted by Crippen LogP contribution is -2.45. The second-order valence-corrected chi connectivity index (χ2v) is 19.1. The molecule has 71 heavy (non-hydrogen) atoms. The Kier molecular flexibility index (Phi) is 8.49. The number of nitrogens with zero attached hydrogens (tertiary/aromatic N) is 2. The van der Waals surface area contributed by atoms with E-state index in [4.69, 9.17) is 14.7 Å². The first-order chi connectivity index (χ1) is 35.2. The third-order valence-corrected chi connectivity index (χ3v) is 15.6. The van der Waals surface area contributed by atoms with Crippen LogP contribution >= 0.6 is 0 Å². The predicted molar refractivity (Wildman–Crippen MR) is 288 cm³/mol. The molecule has 0 N–H and O–H groups in total.